The molecule has 4 rings (SSSR count). The van der Waals surface area contributed by atoms with Gasteiger partial charge in [0.15, 0.2) is 0 Å². The summed E-state index contributed by atoms with van der Waals surface area (Å²) in [6, 6.07) is 1.99. The van der Waals surface area contributed by atoms with Gasteiger partial charge in [-0.05, 0) is 25.8 Å². The Morgan fingerprint density at radius 2 is 2.27 bits per heavy atom. The molecule has 2 aliphatic heterocycles. The molecule has 1 atom stereocenters. The van der Waals surface area contributed by atoms with E-state index in [-0.39, 0.29) is 17.9 Å². The van der Waals surface area contributed by atoms with Crippen molar-refractivity contribution in [3.63, 3.8) is 0 Å². The number of hydrogen-bond acceptors (Lipinski definition) is 5. The van der Waals surface area contributed by atoms with Crippen LogP contribution in [0.15, 0.2) is 17.6 Å². The van der Waals surface area contributed by atoms with Gasteiger partial charge < -0.3 is 20.1 Å². The maximum atomic E-state index is 12.9. The maximum absolute atomic E-state index is 12.9. The van der Waals surface area contributed by atoms with Crippen molar-refractivity contribution in [2.75, 3.05) is 32.7 Å². The fraction of sp³-hybridized carbons (Fsp3) is 0.500. The summed E-state index contributed by atoms with van der Waals surface area (Å²) in [7, 11) is 0. The van der Waals surface area contributed by atoms with Gasteiger partial charge in [0.2, 0.25) is 5.91 Å². The number of nitrogens with one attached hydrogen (secondary N) is 2. The normalized spacial score (nSPS) is 21.3. The molecule has 0 saturated carbocycles. The summed E-state index contributed by atoms with van der Waals surface area (Å²) < 4.78 is 0. The monoisotopic (exact) mass is 373 g/mol. The maximum Gasteiger partial charge on any atom is 0.270 e. The number of carbonyl (C=O) groups is 2. The van der Waals surface area contributed by atoms with Gasteiger partial charge in [0.1, 0.15) is 5.69 Å². The Hall–Kier alpha value is -2.19. The molecule has 1 unspecified atom stereocenters. The molecular formula is C18H23N5O2S. The number of piperazine rings is 1. The number of rotatable bonds is 3. The molecule has 138 valence electrons. The van der Waals surface area contributed by atoms with Crippen molar-refractivity contribution in [1.82, 2.24) is 25.1 Å². The lowest BCUT2D eigenvalue weighted by molar-refractivity contribution is -0.135. The van der Waals surface area contributed by atoms with E-state index in [1.165, 1.54) is 0 Å². The largest absolute Gasteiger partial charge is 0.357 e. The zero-order valence-electron chi connectivity index (χ0n) is 14.8. The summed E-state index contributed by atoms with van der Waals surface area (Å²) in [5.74, 6) is 0.132. The highest BCUT2D eigenvalue weighted by Crippen LogP contribution is 2.24. The van der Waals surface area contributed by atoms with E-state index >= 15 is 0 Å². The van der Waals surface area contributed by atoms with E-state index in [4.69, 9.17) is 0 Å². The zero-order valence-corrected chi connectivity index (χ0v) is 15.6. The number of H-pyrrole nitrogens is 1. The number of carbonyl (C=O) groups excluding carboxylic acids is 2. The number of amides is 2. The number of piperidine rings is 1. The molecule has 7 nitrogen and oxygen atoms in total. The molecule has 26 heavy (non-hydrogen) atoms. The third-order valence-electron chi connectivity index (χ3n) is 5.08. The van der Waals surface area contributed by atoms with Gasteiger partial charge >= 0.3 is 0 Å². The van der Waals surface area contributed by atoms with Crippen LogP contribution in [0.4, 0.5) is 0 Å². The van der Waals surface area contributed by atoms with Crippen LogP contribution in [0, 0.1) is 6.92 Å². The van der Waals surface area contributed by atoms with E-state index in [2.05, 4.69) is 15.3 Å². The average Bonchev–Trinajstić information content (AvgIpc) is 3.30. The van der Waals surface area contributed by atoms with Crippen molar-refractivity contribution in [2.24, 2.45) is 0 Å². The van der Waals surface area contributed by atoms with Gasteiger partial charge in [-0.3, -0.25) is 9.59 Å². The summed E-state index contributed by atoms with van der Waals surface area (Å²) in [6.45, 7) is 5.26. The Morgan fingerprint density at radius 3 is 3.04 bits per heavy atom. The summed E-state index contributed by atoms with van der Waals surface area (Å²) in [5.41, 5.74) is 2.41. The number of aromatic nitrogens is 2. The molecule has 2 aliphatic rings. The van der Waals surface area contributed by atoms with Crippen LogP contribution in [0.2, 0.25) is 0 Å². The second kappa shape index (κ2) is 7.20. The molecular weight excluding hydrogens is 350 g/mol. The molecule has 4 heterocycles. The topological polar surface area (TPSA) is 81.3 Å². The van der Waals surface area contributed by atoms with Gasteiger partial charge in [-0.15, -0.1) is 11.3 Å². The third kappa shape index (κ3) is 3.39. The average molecular weight is 373 g/mol. The molecule has 2 fully saturated rings. The number of nitrogens with zero attached hydrogens (tertiary/aromatic N) is 3. The second-order valence-corrected chi connectivity index (χ2v) is 7.93. The molecule has 0 radical (unpaired) electrons. The van der Waals surface area contributed by atoms with Gasteiger partial charge in [-0.25, -0.2) is 4.98 Å². The Labute approximate surface area is 156 Å². The van der Waals surface area contributed by atoms with E-state index in [9.17, 15) is 9.59 Å². The van der Waals surface area contributed by atoms with Crippen LogP contribution in [0.3, 0.4) is 0 Å². The zero-order chi connectivity index (χ0) is 18.1. The first-order valence-electron chi connectivity index (χ1n) is 9.02. The van der Waals surface area contributed by atoms with E-state index in [0.717, 1.165) is 48.7 Å². The highest BCUT2D eigenvalue weighted by molar-refractivity contribution is 7.09. The SMILES string of the molecule is Cc1nc(-c2c[nH]c(C(=O)N3CCCC(N4CCNCC4=O)C3)c2)cs1. The first kappa shape index (κ1) is 17.2. The summed E-state index contributed by atoms with van der Waals surface area (Å²) in [5, 5.41) is 6.11. The van der Waals surface area contributed by atoms with E-state index in [1.807, 2.05) is 34.4 Å². The van der Waals surface area contributed by atoms with Crippen LogP contribution < -0.4 is 5.32 Å². The Kier molecular flexibility index (Phi) is 4.78. The summed E-state index contributed by atoms with van der Waals surface area (Å²) >= 11 is 1.60. The van der Waals surface area contributed by atoms with Crippen LogP contribution in [-0.2, 0) is 4.79 Å². The van der Waals surface area contributed by atoms with Gasteiger partial charge in [0.05, 0.1) is 17.2 Å². The molecule has 8 heteroatoms. The molecule has 2 N–H and O–H groups in total. The fourth-order valence-corrected chi connectivity index (χ4v) is 4.35. The molecule has 0 spiro atoms. The lowest BCUT2D eigenvalue weighted by Crippen LogP contribution is -2.57. The van der Waals surface area contributed by atoms with Gasteiger partial charge in [0, 0.05) is 49.4 Å². The van der Waals surface area contributed by atoms with Crippen LogP contribution in [-0.4, -0.2) is 70.3 Å². The van der Waals surface area contributed by atoms with Crippen LogP contribution in [0.5, 0.6) is 0 Å². The quantitative estimate of drug-likeness (QED) is 0.854. The smallest absolute Gasteiger partial charge is 0.270 e. The van der Waals surface area contributed by atoms with Crippen molar-refractivity contribution >= 4 is 23.2 Å². The molecule has 0 bridgehead atoms. The van der Waals surface area contributed by atoms with Gasteiger partial charge in [-0.2, -0.15) is 0 Å². The number of likely N-dealkylation sites (tertiary alicyclic amines) is 1. The molecule has 2 aromatic rings. The molecule has 2 amide bonds. The standard InChI is InChI=1S/C18H23N5O2S/c1-12-21-16(11-26-12)13-7-15(20-8-13)18(25)22-5-2-3-14(10-22)23-6-4-19-9-17(23)24/h7-8,11,14,19-20H,2-6,9-10H2,1H3. The predicted octanol–water partition coefficient (Wildman–Crippen LogP) is 1.48. The molecule has 2 aromatic heterocycles. The summed E-state index contributed by atoms with van der Waals surface area (Å²) in [6.07, 6.45) is 3.72. The van der Waals surface area contributed by atoms with Crippen LogP contribution in [0.25, 0.3) is 11.3 Å². The van der Waals surface area contributed by atoms with E-state index in [1.54, 1.807) is 11.3 Å². The van der Waals surface area contributed by atoms with Gasteiger partial charge in [0.25, 0.3) is 5.91 Å². The summed E-state index contributed by atoms with van der Waals surface area (Å²) in [4.78, 5) is 36.4. The molecule has 0 aliphatic carbocycles. The highest BCUT2D eigenvalue weighted by atomic mass is 32.1. The van der Waals surface area contributed by atoms with Crippen molar-refractivity contribution in [3.05, 3.63) is 28.3 Å². The number of aromatic amines is 1. The number of thiazole rings is 1. The van der Waals surface area contributed by atoms with E-state index < -0.39 is 0 Å². The predicted molar refractivity (Wildman–Crippen MR) is 100 cm³/mol. The van der Waals surface area contributed by atoms with Crippen LogP contribution in [0.1, 0.15) is 28.3 Å². The van der Waals surface area contributed by atoms with Crippen molar-refractivity contribution in [2.45, 2.75) is 25.8 Å². The van der Waals surface area contributed by atoms with Crippen LogP contribution >= 0.6 is 11.3 Å². The van der Waals surface area contributed by atoms with Crippen molar-refractivity contribution in [3.8, 4) is 11.3 Å². The minimum Gasteiger partial charge on any atom is -0.357 e. The first-order chi connectivity index (χ1) is 12.6. The lowest BCUT2D eigenvalue weighted by Gasteiger charge is -2.41. The Bertz CT molecular complexity index is 814. The number of hydrogen-bond donors (Lipinski definition) is 2. The lowest BCUT2D eigenvalue weighted by atomic mass is 10.0. The highest BCUT2D eigenvalue weighted by Gasteiger charge is 2.32. The van der Waals surface area contributed by atoms with Gasteiger partial charge in [-0.1, -0.05) is 0 Å². The number of aryl methyl sites for hydroxylation is 1. The van der Waals surface area contributed by atoms with Crippen molar-refractivity contribution < 1.29 is 9.59 Å². The fourth-order valence-electron chi connectivity index (χ4n) is 3.73. The minimum atomic E-state index is -0.00418. The third-order valence-corrected chi connectivity index (χ3v) is 5.85. The molecule has 2 saturated heterocycles. The first-order valence-corrected chi connectivity index (χ1v) is 9.90. The minimum absolute atomic E-state index is 0.00418. The Balaban J connectivity index is 1.46. The molecule has 0 aromatic carbocycles. The van der Waals surface area contributed by atoms with Crippen molar-refractivity contribution in [1.29, 1.82) is 0 Å². The second-order valence-electron chi connectivity index (χ2n) is 6.86. The van der Waals surface area contributed by atoms with E-state index in [0.29, 0.717) is 18.8 Å². The Morgan fingerprint density at radius 1 is 1.38 bits per heavy atom.